The maximum absolute atomic E-state index is 12.6. The number of carbonyl (C=O) groups excluding carboxylic acids is 1. The fourth-order valence-corrected chi connectivity index (χ4v) is 4.63. The summed E-state index contributed by atoms with van der Waals surface area (Å²) in [4.78, 5) is 14.9. The van der Waals surface area contributed by atoms with Crippen molar-refractivity contribution in [3.8, 4) is 11.4 Å². The molecule has 0 aliphatic heterocycles. The van der Waals surface area contributed by atoms with Gasteiger partial charge in [-0.2, -0.15) is 5.10 Å². The molecule has 7 heteroatoms. The van der Waals surface area contributed by atoms with Crippen molar-refractivity contribution in [3.05, 3.63) is 88.2 Å². The number of hydrogen-bond donors (Lipinski definition) is 2. The van der Waals surface area contributed by atoms with E-state index in [1.165, 1.54) is 16.0 Å². The second kappa shape index (κ2) is 10.2. The molecule has 0 unspecified atom stereocenters. The second-order valence-electron chi connectivity index (χ2n) is 8.04. The predicted octanol–water partition coefficient (Wildman–Crippen LogP) is 6.71. The summed E-state index contributed by atoms with van der Waals surface area (Å²) in [5.41, 5.74) is 5.47. The largest absolute Gasteiger partial charge is 0.326 e. The summed E-state index contributed by atoms with van der Waals surface area (Å²) in [6.45, 7) is 6.73. The van der Waals surface area contributed by atoms with Crippen LogP contribution in [0, 0.1) is 25.5 Å². The Morgan fingerprint density at radius 3 is 2.48 bits per heavy atom. The van der Waals surface area contributed by atoms with Gasteiger partial charge < -0.3 is 5.32 Å². The zero-order valence-corrected chi connectivity index (χ0v) is 20.5. The molecule has 0 fully saturated rings. The number of carbonyl (C=O) groups is 1. The van der Waals surface area contributed by atoms with Crippen LogP contribution in [-0.2, 0) is 11.3 Å². The molecule has 5 nitrogen and oxygen atoms in total. The van der Waals surface area contributed by atoms with Crippen LogP contribution in [0.2, 0.25) is 0 Å². The fourth-order valence-electron chi connectivity index (χ4n) is 3.49. The first-order valence-electron chi connectivity index (χ1n) is 10.8. The first-order valence-corrected chi connectivity index (χ1v) is 12.0. The smallest absolute Gasteiger partial charge is 0.226 e. The summed E-state index contributed by atoms with van der Waals surface area (Å²) in [6.07, 6.45) is 0.297. The monoisotopic (exact) mass is 474 g/mol. The highest BCUT2D eigenvalue weighted by Gasteiger charge is 2.11. The number of anilines is 1. The maximum Gasteiger partial charge on any atom is 0.226 e. The van der Waals surface area contributed by atoms with E-state index in [-0.39, 0.29) is 5.91 Å². The van der Waals surface area contributed by atoms with Gasteiger partial charge in [-0.3, -0.25) is 14.5 Å². The minimum Gasteiger partial charge on any atom is -0.326 e. The van der Waals surface area contributed by atoms with E-state index in [0.717, 1.165) is 27.5 Å². The van der Waals surface area contributed by atoms with Gasteiger partial charge >= 0.3 is 0 Å². The summed E-state index contributed by atoms with van der Waals surface area (Å²) in [5, 5.41) is 10.2. The Morgan fingerprint density at radius 2 is 1.76 bits per heavy atom. The molecule has 0 saturated heterocycles. The average Bonchev–Trinajstić information content (AvgIpc) is 3.16. The van der Waals surface area contributed by atoms with Gasteiger partial charge in [-0.15, -0.1) is 0 Å². The number of amides is 1. The summed E-state index contributed by atoms with van der Waals surface area (Å²) in [5.74, 6) is 0.673. The van der Waals surface area contributed by atoms with E-state index in [1.54, 1.807) is 11.8 Å². The lowest BCUT2D eigenvalue weighted by Crippen LogP contribution is -2.15. The lowest BCUT2D eigenvalue weighted by molar-refractivity contribution is -0.116. The van der Waals surface area contributed by atoms with Crippen molar-refractivity contribution in [2.45, 2.75) is 43.5 Å². The van der Waals surface area contributed by atoms with Crippen LogP contribution in [0.1, 0.15) is 23.1 Å². The minimum absolute atomic E-state index is 0.0668. The Hall–Kier alpha value is -3.16. The molecule has 0 saturated carbocycles. The van der Waals surface area contributed by atoms with Crippen LogP contribution in [0.3, 0.4) is 0 Å². The van der Waals surface area contributed by atoms with Crippen molar-refractivity contribution < 1.29 is 4.79 Å². The molecule has 0 spiro atoms. The van der Waals surface area contributed by atoms with Crippen molar-refractivity contribution >= 4 is 35.6 Å². The zero-order valence-electron chi connectivity index (χ0n) is 18.9. The molecule has 4 rings (SSSR count). The van der Waals surface area contributed by atoms with Crippen molar-refractivity contribution in [2.75, 3.05) is 5.32 Å². The fraction of sp³-hybridized carbons (Fsp3) is 0.192. The van der Waals surface area contributed by atoms with Crippen molar-refractivity contribution in [1.29, 1.82) is 0 Å². The standard InChI is InChI=1S/C26H26N4OS2/c1-17-5-4-6-20(15-17)25-28-29-26(32)30(25)14-13-24(31)27-21-8-11-22(12-9-21)33-23-10-7-18(2)19(3)16-23/h4-12,15-16H,13-14H2,1-3H3,(H,27,31)(H,29,32). The van der Waals surface area contributed by atoms with E-state index in [2.05, 4.69) is 53.6 Å². The first kappa shape index (κ1) is 23.0. The molecule has 3 aromatic carbocycles. The van der Waals surface area contributed by atoms with Crippen LogP contribution in [0.15, 0.2) is 76.5 Å². The van der Waals surface area contributed by atoms with E-state index < -0.39 is 0 Å². The molecule has 4 aromatic rings. The lowest BCUT2D eigenvalue weighted by Gasteiger charge is -2.09. The summed E-state index contributed by atoms with van der Waals surface area (Å²) in [6, 6.07) is 22.5. The number of aromatic amines is 1. The number of nitrogens with zero attached hydrogens (tertiary/aromatic N) is 2. The highest BCUT2D eigenvalue weighted by atomic mass is 32.2. The zero-order chi connectivity index (χ0) is 23.4. The van der Waals surface area contributed by atoms with Gasteiger partial charge in [0.2, 0.25) is 5.91 Å². The summed E-state index contributed by atoms with van der Waals surface area (Å²) in [7, 11) is 0. The Labute approximate surface area is 203 Å². The Balaban J connectivity index is 1.36. The molecule has 168 valence electrons. The highest BCUT2D eigenvalue weighted by molar-refractivity contribution is 7.99. The normalized spacial score (nSPS) is 10.9. The van der Waals surface area contributed by atoms with Crippen molar-refractivity contribution in [3.63, 3.8) is 0 Å². The average molecular weight is 475 g/mol. The number of aromatic nitrogens is 3. The SMILES string of the molecule is Cc1cccc(-c2n[nH]c(=S)n2CCC(=O)Nc2ccc(Sc3ccc(C)c(C)c3)cc2)c1. The van der Waals surface area contributed by atoms with Gasteiger partial charge in [0.25, 0.3) is 0 Å². The quantitative estimate of drug-likeness (QED) is 0.292. The summed E-state index contributed by atoms with van der Waals surface area (Å²) >= 11 is 7.09. The van der Waals surface area contributed by atoms with Gasteiger partial charge in [0, 0.05) is 34.0 Å². The van der Waals surface area contributed by atoms with Crippen LogP contribution in [0.5, 0.6) is 0 Å². The first-order chi connectivity index (χ1) is 15.9. The molecule has 0 radical (unpaired) electrons. The molecule has 33 heavy (non-hydrogen) atoms. The van der Waals surface area contributed by atoms with Crippen LogP contribution in [0.4, 0.5) is 5.69 Å². The predicted molar refractivity (Wildman–Crippen MR) is 137 cm³/mol. The highest BCUT2D eigenvalue weighted by Crippen LogP contribution is 2.30. The molecule has 0 atom stereocenters. The third-order valence-electron chi connectivity index (χ3n) is 5.45. The Kier molecular flexibility index (Phi) is 7.11. The number of rotatable bonds is 7. The van der Waals surface area contributed by atoms with E-state index in [1.807, 2.05) is 54.0 Å². The van der Waals surface area contributed by atoms with Gasteiger partial charge in [-0.25, -0.2) is 0 Å². The number of aryl methyl sites for hydroxylation is 3. The van der Waals surface area contributed by atoms with Crippen molar-refractivity contribution in [2.24, 2.45) is 0 Å². The van der Waals surface area contributed by atoms with Crippen LogP contribution in [-0.4, -0.2) is 20.7 Å². The van der Waals surface area contributed by atoms with E-state index in [9.17, 15) is 4.79 Å². The van der Waals surface area contributed by atoms with Gasteiger partial charge in [-0.05, 0) is 86.6 Å². The topological polar surface area (TPSA) is 62.7 Å². The summed E-state index contributed by atoms with van der Waals surface area (Å²) < 4.78 is 2.37. The van der Waals surface area contributed by atoms with E-state index in [4.69, 9.17) is 12.2 Å². The number of H-pyrrole nitrogens is 1. The lowest BCUT2D eigenvalue weighted by atomic mass is 10.1. The van der Waals surface area contributed by atoms with Gasteiger partial charge in [0.05, 0.1) is 0 Å². The minimum atomic E-state index is -0.0668. The van der Waals surface area contributed by atoms with Gasteiger partial charge in [-0.1, -0.05) is 41.6 Å². The molecular formula is C26H26N4OS2. The maximum atomic E-state index is 12.6. The second-order valence-corrected chi connectivity index (χ2v) is 9.58. The van der Waals surface area contributed by atoms with Gasteiger partial charge in [0.15, 0.2) is 10.6 Å². The van der Waals surface area contributed by atoms with Crippen LogP contribution >= 0.6 is 24.0 Å². The molecule has 1 amide bonds. The van der Waals surface area contributed by atoms with E-state index in [0.29, 0.717) is 17.7 Å². The molecule has 0 aliphatic rings. The van der Waals surface area contributed by atoms with Crippen molar-refractivity contribution in [1.82, 2.24) is 14.8 Å². The van der Waals surface area contributed by atoms with E-state index >= 15 is 0 Å². The molecule has 2 N–H and O–H groups in total. The molecule has 0 bridgehead atoms. The van der Waals surface area contributed by atoms with Gasteiger partial charge in [0.1, 0.15) is 0 Å². The molecule has 1 heterocycles. The molecular weight excluding hydrogens is 448 g/mol. The number of benzene rings is 3. The number of hydrogen-bond acceptors (Lipinski definition) is 4. The van der Waals surface area contributed by atoms with Crippen LogP contribution in [0.25, 0.3) is 11.4 Å². The molecule has 1 aromatic heterocycles. The third kappa shape index (κ3) is 5.80. The Morgan fingerprint density at radius 1 is 1.00 bits per heavy atom. The number of nitrogens with one attached hydrogen (secondary N) is 2. The van der Waals surface area contributed by atoms with Crippen LogP contribution < -0.4 is 5.32 Å². The Bertz CT molecular complexity index is 1340. The molecule has 0 aliphatic carbocycles. The third-order valence-corrected chi connectivity index (χ3v) is 6.76.